The molecule has 3 rings (SSSR count). The van der Waals surface area contributed by atoms with Crippen LogP contribution in [0.3, 0.4) is 0 Å². The van der Waals surface area contributed by atoms with Gasteiger partial charge in [-0.3, -0.25) is 9.69 Å². The van der Waals surface area contributed by atoms with E-state index in [4.69, 9.17) is 4.74 Å². The number of benzene rings is 1. The normalized spacial score (nSPS) is 21.7. The van der Waals surface area contributed by atoms with Crippen LogP contribution in [0.2, 0.25) is 0 Å². The molecule has 0 aliphatic carbocycles. The Morgan fingerprint density at radius 1 is 1.04 bits per heavy atom. The Morgan fingerprint density at radius 2 is 1.71 bits per heavy atom. The molecule has 1 aromatic carbocycles. The van der Waals surface area contributed by atoms with Crippen LogP contribution in [0.25, 0.3) is 0 Å². The Kier molecular flexibility index (Phi) is 6.24. The van der Waals surface area contributed by atoms with E-state index in [2.05, 4.69) is 21.7 Å². The lowest BCUT2D eigenvalue weighted by Gasteiger charge is -2.42. The lowest BCUT2D eigenvalue weighted by Crippen LogP contribution is -2.52. The van der Waals surface area contributed by atoms with Crippen molar-refractivity contribution < 1.29 is 9.53 Å². The zero-order chi connectivity index (χ0) is 16.8. The van der Waals surface area contributed by atoms with Crippen LogP contribution >= 0.6 is 0 Å². The van der Waals surface area contributed by atoms with Crippen molar-refractivity contribution in [3.63, 3.8) is 0 Å². The van der Waals surface area contributed by atoms with Crippen LogP contribution in [-0.2, 0) is 4.79 Å². The number of esters is 1. The monoisotopic (exact) mass is 331 g/mol. The summed E-state index contributed by atoms with van der Waals surface area (Å²) in [5.74, 6) is 0.499. The predicted molar refractivity (Wildman–Crippen MR) is 95.2 cm³/mol. The van der Waals surface area contributed by atoms with E-state index in [-0.39, 0.29) is 5.97 Å². The predicted octanol–water partition coefficient (Wildman–Crippen LogP) is 1.69. The fourth-order valence-corrected chi connectivity index (χ4v) is 3.62. The molecule has 0 atom stereocenters. The smallest absolute Gasteiger partial charge is 0.312 e. The Labute approximate surface area is 145 Å². The van der Waals surface area contributed by atoms with Crippen LogP contribution in [0, 0.1) is 0 Å². The summed E-state index contributed by atoms with van der Waals surface area (Å²) in [4.78, 5) is 19.4. The van der Waals surface area contributed by atoms with Crippen molar-refractivity contribution in [1.82, 2.24) is 14.7 Å². The molecule has 0 radical (unpaired) electrons. The molecule has 132 valence electrons. The van der Waals surface area contributed by atoms with E-state index < -0.39 is 0 Å². The van der Waals surface area contributed by atoms with Gasteiger partial charge >= 0.3 is 5.97 Å². The molecule has 2 aliphatic heterocycles. The number of piperazine rings is 1. The molecule has 0 saturated carbocycles. The van der Waals surface area contributed by atoms with E-state index in [0.717, 1.165) is 25.7 Å². The highest BCUT2D eigenvalue weighted by Gasteiger charge is 2.26. The van der Waals surface area contributed by atoms with E-state index >= 15 is 0 Å². The van der Waals surface area contributed by atoms with Crippen LogP contribution in [0.5, 0.6) is 5.75 Å². The largest absolute Gasteiger partial charge is 0.426 e. The van der Waals surface area contributed by atoms with E-state index in [0.29, 0.717) is 12.2 Å². The van der Waals surface area contributed by atoms with Crippen LogP contribution in [0.15, 0.2) is 30.3 Å². The van der Waals surface area contributed by atoms with E-state index in [1.165, 1.54) is 39.0 Å². The SMILES string of the molecule is CN1CCN(C2CCN(CCC(=O)Oc3ccccc3)CC2)CC1. The maximum atomic E-state index is 11.9. The fourth-order valence-electron chi connectivity index (χ4n) is 3.62. The number of likely N-dealkylation sites (N-methyl/N-ethyl adjacent to an activating group) is 1. The van der Waals surface area contributed by atoms with Crippen molar-refractivity contribution in [1.29, 1.82) is 0 Å². The van der Waals surface area contributed by atoms with E-state index in [9.17, 15) is 4.79 Å². The van der Waals surface area contributed by atoms with Crippen molar-refractivity contribution >= 4 is 5.97 Å². The maximum absolute atomic E-state index is 11.9. The molecule has 0 amide bonds. The first-order valence-electron chi connectivity index (χ1n) is 9.11. The van der Waals surface area contributed by atoms with E-state index in [1.807, 2.05) is 30.3 Å². The summed E-state index contributed by atoms with van der Waals surface area (Å²) in [6.07, 6.45) is 2.91. The number of carbonyl (C=O) groups excluding carboxylic acids is 1. The molecule has 2 aliphatic rings. The molecule has 0 unspecified atom stereocenters. The topological polar surface area (TPSA) is 36.0 Å². The van der Waals surface area contributed by atoms with Crippen molar-refractivity contribution in [2.75, 3.05) is 52.9 Å². The fraction of sp³-hybridized carbons (Fsp3) is 0.632. The second-order valence-electron chi connectivity index (χ2n) is 6.95. The number of ether oxygens (including phenoxy) is 1. The van der Waals surface area contributed by atoms with Gasteiger partial charge in [0.25, 0.3) is 0 Å². The third-order valence-electron chi connectivity index (χ3n) is 5.22. The molecule has 0 spiro atoms. The molecule has 2 saturated heterocycles. The third-order valence-corrected chi connectivity index (χ3v) is 5.22. The van der Waals surface area contributed by atoms with Crippen molar-refractivity contribution in [2.24, 2.45) is 0 Å². The van der Waals surface area contributed by atoms with Gasteiger partial charge in [0.15, 0.2) is 0 Å². The van der Waals surface area contributed by atoms with Gasteiger partial charge in [-0.05, 0) is 45.1 Å². The van der Waals surface area contributed by atoms with Gasteiger partial charge in [0.1, 0.15) is 5.75 Å². The molecule has 0 N–H and O–H groups in total. The minimum absolute atomic E-state index is 0.137. The van der Waals surface area contributed by atoms with Gasteiger partial charge in [-0.15, -0.1) is 0 Å². The number of hydrogen-bond donors (Lipinski definition) is 0. The molecule has 2 heterocycles. The minimum Gasteiger partial charge on any atom is -0.426 e. The molecular formula is C19H29N3O2. The Hall–Kier alpha value is -1.43. The molecule has 24 heavy (non-hydrogen) atoms. The van der Waals surface area contributed by atoms with Gasteiger partial charge in [0.05, 0.1) is 6.42 Å². The van der Waals surface area contributed by atoms with Gasteiger partial charge in [-0.2, -0.15) is 0 Å². The Bertz CT molecular complexity index is 507. The van der Waals surface area contributed by atoms with Crippen molar-refractivity contribution in [2.45, 2.75) is 25.3 Å². The van der Waals surface area contributed by atoms with E-state index in [1.54, 1.807) is 0 Å². The summed E-state index contributed by atoms with van der Waals surface area (Å²) in [6.45, 7) is 7.76. The second kappa shape index (κ2) is 8.60. The summed E-state index contributed by atoms with van der Waals surface area (Å²) in [5, 5.41) is 0. The Morgan fingerprint density at radius 3 is 2.38 bits per heavy atom. The van der Waals surface area contributed by atoms with Crippen LogP contribution in [0.4, 0.5) is 0 Å². The molecule has 2 fully saturated rings. The van der Waals surface area contributed by atoms with Gasteiger partial charge in [0.2, 0.25) is 0 Å². The molecule has 1 aromatic rings. The number of hydrogen-bond acceptors (Lipinski definition) is 5. The Balaban J connectivity index is 1.34. The van der Waals surface area contributed by atoms with Gasteiger partial charge < -0.3 is 14.5 Å². The van der Waals surface area contributed by atoms with Crippen LogP contribution in [-0.4, -0.2) is 79.6 Å². The minimum atomic E-state index is -0.137. The quantitative estimate of drug-likeness (QED) is 0.606. The number of nitrogens with zero attached hydrogens (tertiary/aromatic N) is 3. The summed E-state index contributed by atoms with van der Waals surface area (Å²) >= 11 is 0. The first-order chi connectivity index (χ1) is 11.7. The highest BCUT2D eigenvalue weighted by molar-refractivity contribution is 5.72. The first-order valence-corrected chi connectivity index (χ1v) is 9.11. The maximum Gasteiger partial charge on any atom is 0.312 e. The number of carbonyl (C=O) groups is 1. The van der Waals surface area contributed by atoms with Gasteiger partial charge in [-0.25, -0.2) is 0 Å². The lowest BCUT2D eigenvalue weighted by molar-refractivity contribution is -0.134. The first kappa shape index (κ1) is 17.4. The molecular weight excluding hydrogens is 302 g/mol. The summed E-state index contributed by atoms with van der Waals surface area (Å²) < 4.78 is 5.35. The summed E-state index contributed by atoms with van der Waals surface area (Å²) in [5.41, 5.74) is 0. The van der Waals surface area contributed by atoms with Crippen molar-refractivity contribution in [3.8, 4) is 5.75 Å². The number of piperidine rings is 1. The number of para-hydroxylation sites is 1. The highest BCUT2D eigenvalue weighted by atomic mass is 16.5. The average molecular weight is 331 g/mol. The second-order valence-corrected chi connectivity index (χ2v) is 6.95. The molecule has 5 heteroatoms. The highest BCUT2D eigenvalue weighted by Crippen LogP contribution is 2.18. The molecule has 5 nitrogen and oxygen atoms in total. The zero-order valence-electron chi connectivity index (χ0n) is 14.7. The zero-order valence-corrected chi connectivity index (χ0v) is 14.7. The summed E-state index contributed by atoms with van der Waals surface area (Å²) in [7, 11) is 2.20. The van der Waals surface area contributed by atoms with Gasteiger partial charge in [0, 0.05) is 38.8 Å². The number of likely N-dealkylation sites (tertiary alicyclic amines) is 1. The third kappa shape index (κ3) is 5.03. The van der Waals surface area contributed by atoms with Gasteiger partial charge in [-0.1, -0.05) is 18.2 Å². The standard InChI is InChI=1S/C19H29N3O2/c1-20-13-15-22(16-14-20)17-7-10-21(11-8-17)12-9-19(23)24-18-5-3-2-4-6-18/h2-6,17H,7-16H2,1H3. The number of rotatable bonds is 5. The summed E-state index contributed by atoms with van der Waals surface area (Å²) in [6, 6.07) is 10.0. The average Bonchev–Trinajstić information content (AvgIpc) is 2.62. The van der Waals surface area contributed by atoms with Crippen LogP contribution in [0.1, 0.15) is 19.3 Å². The molecule has 0 bridgehead atoms. The molecule has 0 aromatic heterocycles. The van der Waals surface area contributed by atoms with Crippen LogP contribution < -0.4 is 4.74 Å². The lowest BCUT2D eigenvalue weighted by atomic mass is 10.0. The van der Waals surface area contributed by atoms with Crippen molar-refractivity contribution in [3.05, 3.63) is 30.3 Å².